The molecule has 0 saturated carbocycles. The van der Waals surface area contributed by atoms with Crippen LogP contribution in [0.15, 0.2) is 0 Å². The second kappa shape index (κ2) is 15.7. The van der Waals surface area contributed by atoms with Gasteiger partial charge in [0.1, 0.15) is 5.00 Å². The van der Waals surface area contributed by atoms with E-state index in [-0.39, 0.29) is 17.3 Å². The van der Waals surface area contributed by atoms with Gasteiger partial charge in [0.25, 0.3) is 0 Å². The second-order valence-electron chi connectivity index (χ2n) is 11.5. The van der Waals surface area contributed by atoms with Crippen molar-refractivity contribution in [2.45, 2.75) is 137 Å². The second-order valence-corrected chi connectivity index (χ2v) is 12.7. The van der Waals surface area contributed by atoms with E-state index in [4.69, 9.17) is 4.74 Å². The number of fused-ring (bicyclic) bond motifs is 1. The Bertz CT molecular complexity index is 777. The summed E-state index contributed by atoms with van der Waals surface area (Å²) in [6, 6.07) is 0. The molecule has 1 unspecified atom stereocenters. The number of esters is 1. The lowest BCUT2D eigenvalue weighted by Gasteiger charge is -2.33. The van der Waals surface area contributed by atoms with Crippen LogP contribution in [0.4, 0.5) is 5.00 Å². The average molecular weight is 506 g/mol. The fourth-order valence-electron chi connectivity index (χ4n) is 5.22. The van der Waals surface area contributed by atoms with E-state index in [1.165, 1.54) is 82.6 Å². The fourth-order valence-corrected chi connectivity index (χ4v) is 6.56. The van der Waals surface area contributed by atoms with E-state index in [9.17, 15) is 9.59 Å². The SMILES string of the molecule is CCCCCCCCCCCCCCCC(=O)Nc1sc2c(c1C(=O)OC)CCC(C(C)(C)C)C2. The Kier molecular flexibility index (Phi) is 13.4. The van der Waals surface area contributed by atoms with Crippen molar-refractivity contribution in [3.05, 3.63) is 16.0 Å². The average Bonchev–Trinajstić information content (AvgIpc) is 3.17. The summed E-state index contributed by atoms with van der Waals surface area (Å²) >= 11 is 1.58. The molecule has 0 aliphatic heterocycles. The summed E-state index contributed by atoms with van der Waals surface area (Å²) in [5.74, 6) is 0.283. The van der Waals surface area contributed by atoms with Crippen molar-refractivity contribution in [2.24, 2.45) is 11.3 Å². The van der Waals surface area contributed by atoms with Gasteiger partial charge in [0, 0.05) is 11.3 Å². The van der Waals surface area contributed by atoms with Gasteiger partial charge in [-0.15, -0.1) is 11.3 Å². The smallest absolute Gasteiger partial charge is 0.341 e. The summed E-state index contributed by atoms with van der Waals surface area (Å²) in [4.78, 5) is 26.4. The molecule has 1 atom stereocenters. The Morgan fingerprint density at radius 2 is 1.46 bits per heavy atom. The van der Waals surface area contributed by atoms with Crippen LogP contribution < -0.4 is 5.32 Å². The van der Waals surface area contributed by atoms with Gasteiger partial charge in [0.2, 0.25) is 5.91 Å². The van der Waals surface area contributed by atoms with Gasteiger partial charge in [-0.3, -0.25) is 4.79 Å². The predicted octanol–water partition coefficient (Wildman–Crippen LogP) is 9.11. The number of unbranched alkanes of at least 4 members (excludes halogenated alkanes) is 12. The van der Waals surface area contributed by atoms with E-state index < -0.39 is 0 Å². The molecule has 1 aliphatic carbocycles. The fraction of sp³-hybridized carbons (Fsp3) is 0.800. The maximum Gasteiger partial charge on any atom is 0.341 e. The first-order valence-corrected chi connectivity index (χ1v) is 15.1. The monoisotopic (exact) mass is 505 g/mol. The topological polar surface area (TPSA) is 55.4 Å². The summed E-state index contributed by atoms with van der Waals surface area (Å²) in [6.45, 7) is 9.13. The zero-order valence-corrected chi connectivity index (χ0v) is 24.0. The quantitative estimate of drug-likeness (QED) is 0.180. The first-order chi connectivity index (χ1) is 16.8. The highest BCUT2D eigenvalue weighted by molar-refractivity contribution is 7.17. The molecule has 1 amide bonds. The molecule has 1 N–H and O–H groups in total. The lowest BCUT2D eigenvalue weighted by atomic mass is 9.72. The van der Waals surface area contributed by atoms with Crippen LogP contribution in [-0.2, 0) is 22.4 Å². The number of hydrogen-bond donors (Lipinski definition) is 1. The summed E-state index contributed by atoms with van der Waals surface area (Å²) in [6.07, 6.45) is 20.3. The van der Waals surface area contributed by atoms with Crippen molar-refractivity contribution in [3.8, 4) is 0 Å². The van der Waals surface area contributed by atoms with E-state index in [1.54, 1.807) is 11.3 Å². The standard InChI is InChI=1S/C30H51NO3S/c1-6-7-8-9-10-11-12-13-14-15-16-17-18-19-26(32)31-28-27(29(33)34-5)24-21-20-23(30(2,3)4)22-25(24)35-28/h23H,6-22H2,1-5H3,(H,31,32). The number of thiophene rings is 1. The van der Waals surface area contributed by atoms with E-state index in [1.807, 2.05) is 0 Å². The first-order valence-electron chi connectivity index (χ1n) is 14.3. The van der Waals surface area contributed by atoms with Crippen LogP contribution in [0.5, 0.6) is 0 Å². The molecule has 0 saturated heterocycles. The normalized spacial score (nSPS) is 15.6. The number of amides is 1. The zero-order valence-electron chi connectivity index (χ0n) is 23.2. The molecule has 1 aromatic rings. The van der Waals surface area contributed by atoms with Gasteiger partial charge < -0.3 is 10.1 Å². The Morgan fingerprint density at radius 1 is 0.914 bits per heavy atom. The Hall–Kier alpha value is -1.36. The molecular weight excluding hydrogens is 454 g/mol. The minimum absolute atomic E-state index is 0.0178. The Balaban J connectivity index is 1.69. The lowest BCUT2D eigenvalue weighted by Crippen LogP contribution is -2.26. The van der Waals surface area contributed by atoms with Gasteiger partial charge >= 0.3 is 5.97 Å². The summed E-state index contributed by atoms with van der Waals surface area (Å²) < 4.78 is 5.08. The molecule has 1 aliphatic rings. The van der Waals surface area contributed by atoms with Crippen LogP contribution in [0.25, 0.3) is 0 Å². The number of carbonyl (C=O) groups excluding carboxylic acids is 2. The third kappa shape index (κ3) is 10.3. The zero-order chi connectivity index (χ0) is 25.7. The van der Waals surface area contributed by atoms with Gasteiger partial charge in [-0.2, -0.15) is 0 Å². The maximum atomic E-state index is 12.7. The van der Waals surface area contributed by atoms with Crippen LogP contribution in [-0.4, -0.2) is 19.0 Å². The highest BCUT2D eigenvalue weighted by Gasteiger charge is 2.34. The van der Waals surface area contributed by atoms with Crippen molar-refractivity contribution in [2.75, 3.05) is 12.4 Å². The van der Waals surface area contributed by atoms with Crippen molar-refractivity contribution in [1.82, 2.24) is 0 Å². The molecule has 5 heteroatoms. The van der Waals surface area contributed by atoms with E-state index in [0.29, 0.717) is 22.9 Å². The molecule has 4 nitrogen and oxygen atoms in total. The largest absolute Gasteiger partial charge is 0.465 e. The third-order valence-corrected chi connectivity index (χ3v) is 8.81. The molecule has 35 heavy (non-hydrogen) atoms. The molecule has 200 valence electrons. The maximum absolute atomic E-state index is 12.7. The highest BCUT2D eigenvalue weighted by Crippen LogP contribution is 2.44. The number of nitrogens with one attached hydrogen (secondary N) is 1. The molecule has 0 fully saturated rings. The van der Waals surface area contributed by atoms with E-state index in [0.717, 1.165) is 37.7 Å². The Morgan fingerprint density at radius 3 is 1.97 bits per heavy atom. The molecular formula is C30H51NO3S. The van der Waals surface area contributed by atoms with E-state index >= 15 is 0 Å². The Labute approximate surface area is 219 Å². The molecule has 1 heterocycles. The molecule has 0 radical (unpaired) electrons. The van der Waals surface area contributed by atoms with Crippen LogP contribution >= 0.6 is 11.3 Å². The number of carbonyl (C=O) groups is 2. The molecule has 1 aromatic heterocycles. The number of anilines is 1. The van der Waals surface area contributed by atoms with Crippen molar-refractivity contribution in [1.29, 1.82) is 0 Å². The number of rotatable bonds is 16. The third-order valence-electron chi connectivity index (χ3n) is 7.64. The minimum atomic E-state index is -0.326. The summed E-state index contributed by atoms with van der Waals surface area (Å²) in [7, 11) is 1.42. The minimum Gasteiger partial charge on any atom is -0.465 e. The number of methoxy groups -OCH3 is 1. The van der Waals surface area contributed by atoms with Gasteiger partial charge in [-0.25, -0.2) is 4.79 Å². The molecule has 0 spiro atoms. The lowest BCUT2D eigenvalue weighted by molar-refractivity contribution is -0.116. The van der Waals surface area contributed by atoms with Crippen LogP contribution in [0.3, 0.4) is 0 Å². The van der Waals surface area contributed by atoms with Gasteiger partial charge in [0.15, 0.2) is 0 Å². The molecule has 0 bridgehead atoms. The van der Waals surface area contributed by atoms with Crippen molar-refractivity contribution < 1.29 is 14.3 Å². The highest BCUT2D eigenvalue weighted by atomic mass is 32.1. The van der Waals surface area contributed by atoms with Crippen LogP contribution in [0, 0.1) is 11.3 Å². The predicted molar refractivity (Wildman–Crippen MR) is 150 cm³/mol. The van der Waals surface area contributed by atoms with Gasteiger partial charge in [-0.05, 0) is 42.6 Å². The van der Waals surface area contributed by atoms with Gasteiger partial charge in [-0.1, -0.05) is 105 Å². The van der Waals surface area contributed by atoms with E-state index in [2.05, 4.69) is 33.0 Å². The summed E-state index contributed by atoms with van der Waals surface area (Å²) in [5.41, 5.74) is 1.93. The van der Waals surface area contributed by atoms with Gasteiger partial charge in [0.05, 0.1) is 12.7 Å². The molecule has 2 rings (SSSR count). The number of hydrogen-bond acceptors (Lipinski definition) is 4. The van der Waals surface area contributed by atoms with Crippen LogP contribution in [0.1, 0.15) is 145 Å². The van der Waals surface area contributed by atoms with Crippen molar-refractivity contribution >= 4 is 28.2 Å². The van der Waals surface area contributed by atoms with Crippen LogP contribution in [0.2, 0.25) is 0 Å². The summed E-state index contributed by atoms with van der Waals surface area (Å²) in [5, 5.41) is 3.75. The first kappa shape index (κ1) is 29.9. The molecule has 0 aromatic carbocycles. The number of ether oxygens (including phenoxy) is 1. The van der Waals surface area contributed by atoms with Crippen molar-refractivity contribution in [3.63, 3.8) is 0 Å².